The average molecular weight is 287 g/mol. The molecule has 0 bridgehead atoms. The van der Waals surface area contributed by atoms with Crippen LogP contribution in [-0.2, 0) is 0 Å². The zero-order valence-corrected chi connectivity index (χ0v) is 12.9. The molecule has 1 aromatic carbocycles. The Hall–Kier alpha value is -2.23. The normalized spacial score (nSPS) is 10.5. The zero-order valence-electron chi connectivity index (χ0n) is 12.9. The van der Waals surface area contributed by atoms with Gasteiger partial charge in [-0.05, 0) is 39.8 Å². The molecule has 0 atom stereocenters. The Balaban J connectivity index is 1.83. The van der Waals surface area contributed by atoms with Crippen LogP contribution >= 0.6 is 0 Å². The van der Waals surface area contributed by atoms with Crippen LogP contribution in [0.25, 0.3) is 0 Å². The fraction of sp³-hybridized carbons (Fsp3) is 0.353. The maximum absolute atomic E-state index is 12.1. The maximum Gasteiger partial charge on any atom is 0.255 e. The third kappa shape index (κ3) is 3.66. The highest BCUT2D eigenvalue weighted by atomic mass is 16.5. The largest absolute Gasteiger partial charge is 0.492 e. The van der Waals surface area contributed by atoms with Crippen LogP contribution in [0.1, 0.15) is 33.0 Å². The van der Waals surface area contributed by atoms with E-state index in [-0.39, 0.29) is 5.91 Å². The molecule has 4 heteroatoms. The molecule has 0 aliphatic rings. The predicted octanol–water partition coefficient (Wildman–Crippen LogP) is 3.32. The van der Waals surface area contributed by atoms with E-state index in [0.29, 0.717) is 24.5 Å². The van der Waals surface area contributed by atoms with Crippen molar-refractivity contribution in [2.45, 2.75) is 27.7 Å². The zero-order chi connectivity index (χ0) is 15.4. The van der Waals surface area contributed by atoms with Crippen molar-refractivity contribution in [2.24, 2.45) is 0 Å². The Kier molecular flexibility index (Phi) is 4.68. The van der Waals surface area contributed by atoms with Crippen LogP contribution < -0.4 is 10.1 Å². The van der Waals surface area contributed by atoms with E-state index in [2.05, 4.69) is 5.32 Å². The second-order valence-corrected chi connectivity index (χ2v) is 5.13. The highest BCUT2D eigenvalue weighted by Gasteiger charge is 2.17. The number of amides is 1. The molecule has 0 saturated heterocycles. The Morgan fingerprint density at radius 2 is 1.76 bits per heavy atom. The van der Waals surface area contributed by atoms with Crippen LogP contribution in [0.2, 0.25) is 0 Å². The van der Waals surface area contributed by atoms with E-state index in [4.69, 9.17) is 9.15 Å². The fourth-order valence-electron chi connectivity index (χ4n) is 2.18. The van der Waals surface area contributed by atoms with Crippen molar-refractivity contribution < 1.29 is 13.9 Å². The summed E-state index contributed by atoms with van der Waals surface area (Å²) in [5.74, 6) is 2.13. The van der Waals surface area contributed by atoms with Crippen molar-refractivity contribution in [3.05, 3.63) is 52.5 Å². The van der Waals surface area contributed by atoms with Crippen molar-refractivity contribution >= 4 is 5.91 Å². The first-order valence-electron chi connectivity index (χ1n) is 7.03. The molecule has 1 N–H and O–H groups in total. The van der Waals surface area contributed by atoms with Crippen molar-refractivity contribution in [3.63, 3.8) is 0 Å². The van der Waals surface area contributed by atoms with Gasteiger partial charge in [-0.2, -0.15) is 0 Å². The minimum absolute atomic E-state index is 0.116. The molecular formula is C17H21NO3. The van der Waals surface area contributed by atoms with Crippen molar-refractivity contribution in [1.29, 1.82) is 0 Å². The number of carbonyl (C=O) groups excluding carboxylic acids is 1. The van der Waals surface area contributed by atoms with Gasteiger partial charge in [-0.1, -0.05) is 17.7 Å². The summed E-state index contributed by atoms with van der Waals surface area (Å²) in [7, 11) is 0. The molecule has 4 nitrogen and oxygen atoms in total. The first-order valence-corrected chi connectivity index (χ1v) is 7.03. The number of ether oxygens (including phenoxy) is 1. The summed E-state index contributed by atoms with van der Waals surface area (Å²) in [5, 5.41) is 2.85. The Morgan fingerprint density at radius 3 is 2.33 bits per heavy atom. The van der Waals surface area contributed by atoms with Gasteiger partial charge in [0.15, 0.2) is 0 Å². The van der Waals surface area contributed by atoms with E-state index >= 15 is 0 Å². The van der Waals surface area contributed by atoms with E-state index in [0.717, 1.165) is 17.1 Å². The lowest BCUT2D eigenvalue weighted by Gasteiger charge is -2.08. The molecule has 2 aromatic rings. The van der Waals surface area contributed by atoms with Crippen LogP contribution in [0.15, 0.2) is 28.7 Å². The van der Waals surface area contributed by atoms with Crippen LogP contribution in [0.3, 0.4) is 0 Å². The standard InChI is InChI=1S/C17H21NO3/c1-11-5-7-15(8-6-11)20-10-9-18-17(19)16-12(2)13(3)21-14(16)4/h5-8H,9-10H2,1-4H3,(H,18,19). The van der Waals surface area contributed by atoms with Gasteiger partial charge in [0.25, 0.3) is 5.91 Å². The van der Waals surface area contributed by atoms with Gasteiger partial charge in [0, 0.05) is 5.56 Å². The third-order valence-electron chi connectivity index (χ3n) is 3.47. The van der Waals surface area contributed by atoms with Crippen LogP contribution in [-0.4, -0.2) is 19.1 Å². The highest BCUT2D eigenvalue weighted by molar-refractivity contribution is 5.96. The molecule has 0 fully saturated rings. The van der Waals surface area contributed by atoms with Gasteiger partial charge in [0.1, 0.15) is 23.9 Å². The Bertz CT molecular complexity index is 626. The van der Waals surface area contributed by atoms with Crippen molar-refractivity contribution in [1.82, 2.24) is 5.32 Å². The molecule has 0 aliphatic carbocycles. The molecule has 0 aliphatic heterocycles. The Labute approximate surface area is 125 Å². The average Bonchev–Trinajstić information content (AvgIpc) is 2.70. The lowest BCUT2D eigenvalue weighted by atomic mass is 10.1. The second-order valence-electron chi connectivity index (χ2n) is 5.13. The number of benzene rings is 1. The van der Waals surface area contributed by atoms with Gasteiger partial charge < -0.3 is 14.5 Å². The second kappa shape index (κ2) is 6.48. The number of nitrogens with one attached hydrogen (secondary N) is 1. The summed E-state index contributed by atoms with van der Waals surface area (Å²) in [4.78, 5) is 12.1. The number of hydrogen-bond acceptors (Lipinski definition) is 3. The van der Waals surface area contributed by atoms with E-state index in [1.807, 2.05) is 45.0 Å². The minimum Gasteiger partial charge on any atom is -0.492 e. The fourth-order valence-corrected chi connectivity index (χ4v) is 2.18. The molecule has 1 amide bonds. The van der Waals surface area contributed by atoms with E-state index in [1.165, 1.54) is 5.56 Å². The molecule has 0 radical (unpaired) electrons. The third-order valence-corrected chi connectivity index (χ3v) is 3.47. The first kappa shape index (κ1) is 15.2. The topological polar surface area (TPSA) is 51.5 Å². The summed E-state index contributed by atoms with van der Waals surface area (Å²) in [6, 6.07) is 7.83. The minimum atomic E-state index is -0.116. The molecular weight excluding hydrogens is 266 g/mol. The van der Waals surface area contributed by atoms with Crippen LogP contribution in [0.4, 0.5) is 0 Å². The van der Waals surface area contributed by atoms with Crippen molar-refractivity contribution in [3.8, 4) is 5.75 Å². The molecule has 0 saturated carbocycles. The SMILES string of the molecule is Cc1ccc(OCCNC(=O)c2c(C)oc(C)c2C)cc1. The highest BCUT2D eigenvalue weighted by Crippen LogP contribution is 2.20. The molecule has 21 heavy (non-hydrogen) atoms. The number of hydrogen-bond donors (Lipinski definition) is 1. The monoisotopic (exact) mass is 287 g/mol. The number of aryl methyl sites for hydroxylation is 3. The molecule has 112 valence electrons. The van der Waals surface area contributed by atoms with Gasteiger partial charge in [-0.25, -0.2) is 0 Å². The summed E-state index contributed by atoms with van der Waals surface area (Å²) in [5.41, 5.74) is 2.71. The lowest BCUT2D eigenvalue weighted by molar-refractivity contribution is 0.0945. The van der Waals surface area contributed by atoms with E-state index < -0.39 is 0 Å². The molecule has 2 rings (SSSR count). The van der Waals surface area contributed by atoms with Crippen LogP contribution in [0.5, 0.6) is 5.75 Å². The van der Waals surface area contributed by atoms with Gasteiger partial charge in [0.05, 0.1) is 12.1 Å². The van der Waals surface area contributed by atoms with E-state index in [9.17, 15) is 4.79 Å². The van der Waals surface area contributed by atoms with Gasteiger partial charge in [-0.3, -0.25) is 4.79 Å². The maximum atomic E-state index is 12.1. The first-order chi connectivity index (χ1) is 9.99. The smallest absolute Gasteiger partial charge is 0.255 e. The van der Waals surface area contributed by atoms with E-state index in [1.54, 1.807) is 6.92 Å². The molecule has 0 spiro atoms. The lowest BCUT2D eigenvalue weighted by Crippen LogP contribution is -2.28. The van der Waals surface area contributed by atoms with Crippen LogP contribution in [0, 0.1) is 27.7 Å². The van der Waals surface area contributed by atoms with Crippen molar-refractivity contribution in [2.75, 3.05) is 13.2 Å². The Morgan fingerprint density at radius 1 is 1.10 bits per heavy atom. The summed E-state index contributed by atoms with van der Waals surface area (Å²) >= 11 is 0. The molecule has 1 aromatic heterocycles. The summed E-state index contributed by atoms with van der Waals surface area (Å²) in [6.07, 6.45) is 0. The molecule has 0 unspecified atom stereocenters. The number of carbonyl (C=O) groups is 1. The van der Waals surface area contributed by atoms with Gasteiger partial charge in [0.2, 0.25) is 0 Å². The van der Waals surface area contributed by atoms with Gasteiger partial charge in [-0.15, -0.1) is 0 Å². The van der Waals surface area contributed by atoms with Gasteiger partial charge >= 0.3 is 0 Å². The predicted molar refractivity (Wildman–Crippen MR) is 81.9 cm³/mol. The molecule has 1 heterocycles. The summed E-state index contributed by atoms with van der Waals surface area (Å²) in [6.45, 7) is 8.47. The quantitative estimate of drug-likeness (QED) is 0.858. The number of rotatable bonds is 5. The number of furan rings is 1. The summed E-state index contributed by atoms with van der Waals surface area (Å²) < 4.78 is 11.0.